The molecule has 2 aliphatic rings. The fraction of sp³-hybridized carbons (Fsp3) is 0.571. The molecule has 0 spiro atoms. The molecule has 0 aliphatic heterocycles. The second-order valence-electron chi connectivity index (χ2n) is 5.65. The Morgan fingerprint density at radius 3 is 2.68 bits per heavy atom. The van der Waals surface area contributed by atoms with Crippen molar-refractivity contribution in [2.75, 3.05) is 0 Å². The maximum atomic E-state index is 12.2. The number of thiophene rings is 1. The molecule has 0 radical (unpaired) electrons. The molecule has 2 fully saturated rings. The first-order valence-corrected chi connectivity index (χ1v) is 7.51. The van der Waals surface area contributed by atoms with Crippen LogP contribution in [0, 0.1) is 12.8 Å². The summed E-state index contributed by atoms with van der Waals surface area (Å²) in [6, 6.07) is 2.07. The molecule has 2 aliphatic carbocycles. The van der Waals surface area contributed by atoms with Gasteiger partial charge in [0, 0.05) is 16.7 Å². The van der Waals surface area contributed by atoms with E-state index in [-0.39, 0.29) is 11.8 Å². The monoisotopic (exact) mass is 279 g/mol. The zero-order valence-electron chi connectivity index (χ0n) is 10.8. The van der Waals surface area contributed by atoms with E-state index in [4.69, 9.17) is 0 Å². The topological polar surface area (TPSA) is 66.4 Å². The Balaban J connectivity index is 1.64. The number of amides is 1. The van der Waals surface area contributed by atoms with E-state index < -0.39 is 11.5 Å². The van der Waals surface area contributed by atoms with Gasteiger partial charge < -0.3 is 10.4 Å². The smallest absolute Gasteiger partial charge is 0.329 e. The quantitative estimate of drug-likeness (QED) is 0.888. The second-order valence-corrected chi connectivity index (χ2v) is 6.59. The molecular formula is C14H17NO3S. The summed E-state index contributed by atoms with van der Waals surface area (Å²) in [5, 5.41) is 14.0. The van der Waals surface area contributed by atoms with Gasteiger partial charge in [0.15, 0.2) is 0 Å². The van der Waals surface area contributed by atoms with Crippen molar-refractivity contribution in [3.05, 3.63) is 21.9 Å². The lowest BCUT2D eigenvalue weighted by Gasteiger charge is -2.38. The average Bonchev–Trinajstić information content (AvgIpc) is 2.99. The molecule has 1 heterocycles. The number of aryl methyl sites for hydroxylation is 1. The summed E-state index contributed by atoms with van der Waals surface area (Å²) in [6.45, 7) is 2.06. The third-order valence-electron chi connectivity index (χ3n) is 4.34. The number of hydrogen-bond acceptors (Lipinski definition) is 3. The minimum atomic E-state index is -0.977. The van der Waals surface area contributed by atoms with Gasteiger partial charge in [-0.15, -0.1) is 11.3 Å². The standard InChI is InChI=1S/C14H17NO3S/c1-8-3-6-19-11(8)9-7-10(9)12(16)15-14(13(17)18)4-2-5-14/h3,6,9-10H,2,4-5,7H2,1H3,(H,15,16)(H,17,18). The number of hydrogen-bond donors (Lipinski definition) is 2. The number of carboxylic acids is 1. The minimum Gasteiger partial charge on any atom is -0.480 e. The van der Waals surface area contributed by atoms with Crippen molar-refractivity contribution in [1.82, 2.24) is 5.32 Å². The van der Waals surface area contributed by atoms with Gasteiger partial charge in [0.05, 0.1) is 0 Å². The van der Waals surface area contributed by atoms with E-state index in [0.717, 1.165) is 12.8 Å². The van der Waals surface area contributed by atoms with Gasteiger partial charge in [-0.2, -0.15) is 0 Å². The lowest BCUT2D eigenvalue weighted by molar-refractivity contribution is -0.152. The zero-order chi connectivity index (χ0) is 13.6. The Kier molecular flexibility index (Phi) is 2.89. The van der Waals surface area contributed by atoms with Crippen molar-refractivity contribution >= 4 is 23.2 Å². The van der Waals surface area contributed by atoms with E-state index in [9.17, 15) is 14.7 Å². The van der Waals surface area contributed by atoms with E-state index in [0.29, 0.717) is 18.8 Å². The molecule has 2 atom stereocenters. The van der Waals surface area contributed by atoms with Crippen LogP contribution in [0.15, 0.2) is 11.4 Å². The van der Waals surface area contributed by atoms with E-state index in [1.165, 1.54) is 10.4 Å². The number of carbonyl (C=O) groups is 2. The molecule has 1 amide bonds. The van der Waals surface area contributed by atoms with Crippen LogP contribution in [0.5, 0.6) is 0 Å². The van der Waals surface area contributed by atoms with Gasteiger partial charge in [-0.25, -0.2) is 4.79 Å². The molecule has 3 rings (SSSR count). The molecule has 2 N–H and O–H groups in total. The SMILES string of the molecule is Cc1ccsc1C1CC1C(=O)NC1(C(=O)O)CCC1. The molecule has 0 saturated heterocycles. The third kappa shape index (κ3) is 2.06. The number of aliphatic carboxylic acids is 1. The molecule has 2 saturated carbocycles. The second kappa shape index (κ2) is 4.34. The molecular weight excluding hydrogens is 262 g/mol. The Bertz CT molecular complexity index is 533. The van der Waals surface area contributed by atoms with Crippen LogP contribution >= 0.6 is 11.3 Å². The van der Waals surface area contributed by atoms with E-state index in [2.05, 4.69) is 18.3 Å². The summed E-state index contributed by atoms with van der Waals surface area (Å²) < 4.78 is 0. The molecule has 4 nitrogen and oxygen atoms in total. The van der Waals surface area contributed by atoms with Crippen LogP contribution in [-0.2, 0) is 9.59 Å². The van der Waals surface area contributed by atoms with Gasteiger partial charge in [0.1, 0.15) is 5.54 Å². The van der Waals surface area contributed by atoms with Gasteiger partial charge >= 0.3 is 5.97 Å². The fourth-order valence-electron chi connectivity index (χ4n) is 2.79. The molecule has 2 unspecified atom stereocenters. The minimum absolute atomic E-state index is 0.0332. The molecule has 0 bridgehead atoms. The van der Waals surface area contributed by atoms with Crippen molar-refractivity contribution in [2.24, 2.45) is 5.92 Å². The Morgan fingerprint density at radius 1 is 1.47 bits per heavy atom. The van der Waals surface area contributed by atoms with Gasteiger partial charge in [-0.3, -0.25) is 4.79 Å². The molecule has 19 heavy (non-hydrogen) atoms. The summed E-state index contributed by atoms with van der Waals surface area (Å²) in [5.74, 6) is -0.711. The molecule has 1 aromatic heterocycles. The predicted molar refractivity (Wildman–Crippen MR) is 72.3 cm³/mol. The van der Waals surface area contributed by atoms with Crippen LogP contribution in [0.4, 0.5) is 0 Å². The van der Waals surface area contributed by atoms with Crippen LogP contribution in [0.2, 0.25) is 0 Å². The Morgan fingerprint density at radius 2 is 2.21 bits per heavy atom. The molecule has 102 valence electrons. The van der Waals surface area contributed by atoms with Crippen molar-refractivity contribution < 1.29 is 14.7 Å². The largest absolute Gasteiger partial charge is 0.480 e. The van der Waals surface area contributed by atoms with Gasteiger partial charge in [0.2, 0.25) is 5.91 Å². The first-order chi connectivity index (χ1) is 9.03. The first kappa shape index (κ1) is 12.7. The predicted octanol–water partition coefficient (Wildman–Crippen LogP) is 2.28. The summed E-state index contributed by atoms with van der Waals surface area (Å²) in [5.41, 5.74) is 0.260. The number of carboxylic acid groups (broad SMARTS) is 1. The van der Waals surface area contributed by atoms with Crippen LogP contribution < -0.4 is 5.32 Å². The molecule has 0 aromatic carbocycles. The van der Waals surface area contributed by atoms with Gasteiger partial charge in [0.25, 0.3) is 0 Å². The number of carbonyl (C=O) groups excluding carboxylic acids is 1. The van der Waals surface area contributed by atoms with E-state index in [1.807, 2.05) is 5.38 Å². The molecule has 1 aromatic rings. The Hall–Kier alpha value is -1.36. The summed E-state index contributed by atoms with van der Waals surface area (Å²) in [4.78, 5) is 24.7. The Labute approximate surface area is 115 Å². The summed E-state index contributed by atoms with van der Waals surface area (Å²) in [6.07, 6.45) is 2.85. The van der Waals surface area contributed by atoms with Crippen molar-refractivity contribution in [3.63, 3.8) is 0 Å². The van der Waals surface area contributed by atoms with E-state index >= 15 is 0 Å². The van der Waals surface area contributed by atoms with Crippen LogP contribution in [-0.4, -0.2) is 22.5 Å². The summed E-state index contributed by atoms with van der Waals surface area (Å²) >= 11 is 1.69. The zero-order valence-corrected chi connectivity index (χ0v) is 11.6. The third-order valence-corrected chi connectivity index (χ3v) is 5.50. The highest BCUT2D eigenvalue weighted by molar-refractivity contribution is 7.10. The van der Waals surface area contributed by atoms with Gasteiger partial charge in [-0.1, -0.05) is 0 Å². The van der Waals surface area contributed by atoms with Crippen molar-refractivity contribution in [2.45, 2.75) is 44.1 Å². The van der Waals surface area contributed by atoms with E-state index in [1.54, 1.807) is 11.3 Å². The van der Waals surface area contributed by atoms with Crippen molar-refractivity contribution in [3.8, 4) is 0 Å². The number of rotatable bonds is 4. The highest BCUT2D eigenvalue weighted by atomic mass is 32.1. The highest BCUT2D eigenvalue weighted by Crippen LogP contribution is 2.51. The van der Waals surface area contributed by atoms with Crippen LogP contribution in [0.3, 0.4) is 0 Å². The average molecular weight is 279 g/mol. The maximum absolute atomic E-state index is 12.2. The van der Waals surface area contributed by atoms with Crippen LogP contribution in [0.25, 0.3) is 0 Å². The normalized spacial score (nSPS) is 27.4. The highest BCUT2D eigenvalue weighted by Gasteiger charge is 2.51. The molecule has 5 heteroatoms. The van der Waals surface area contributed by atoms with Crippen molar-refractivity contribution in [1.29, 1.82) is 0 Å². The number of nitrogens with one attached hydrogen (secondary N) is 1. The first-order valence-electron chi connectivity index (χ1n) is 6.63. The maximum Gasteiger partial charge on any atom is 0.329 e. The fourth-order valence-corrected chi connectivity index (χ4v) is 3.90. The summed E-state index contributed by atoms with van der Waals surface area (Å²) in [7, 11) is 0. The van der Waals surface area contributed by atoms with Gasteiger partial charge in [-0.05, 0) is 49.6 Å². The van der Waals surface area contributed by atoms with Crippen LogP contribution in [0.1, 0.15) is 42.0 Å². The lowest BCUT2D eigenvalue weighted by Crippen LogP contribution is -2.59. The lowest BCUT2D eigenvalue weighted by atomic mass is 9.76.